The van der Waals surface area contributed by atoms with Gasteiger partial charge in [-0.1, -0.05) is 17.4 Å². The third-order valence-electron chi connectivity index (χ3n) is 6.11. The zero-order chi connectivity index (χ0) is 28.0. The number of methoxy groups -OCH3 is 3. The average molecular weight is 574 g/mol. The van der Waals surface area contributed by atoms with Crippen molar-refractivity contribution in [3.05, 3.63) is 71.7 Å². The molecule has 0 spiro atoms. The van der Waals surface area contributed by atoms with Gasteiger partial charge in [0.25, 0.3) is 5.91 Å². The van der Waals surface area contributed by atoms with Crippen LogP contribution >= 0.6 is 11.3 Å². The van der Waals surface area contributed by atoms with Crippen LogP contribution in [0, 0.1) is 6.92 Å². The molecule has 4 rings (SSSR count). The minimum absolute atomic E-state index is 0.0733. The lowest BCUT2D eigenvalue weighted by Crippen LogP contribution is -2.36. The number of ether oxygens (including phenoxy) is 3. The van der Waals surface area contributed by atoms with Gasteiger partial charge in [0.2, 0.25) is 10.0 Å². The number of aromatic nitrogens is 1. The first kappa shape index (κ1) is 28.7. The van der Waals surface area contributed by atoms with Gasteiger partial charge in [-0.25, -0.2) is 13.4 Å². The predicted octanol–water partition coefficient (Wildman–Crippen LogP) is 4.34. The van der Waals surface area contributed by atoms with E-state index in [4.69, 9.17) is 23.6 Å². The zero-order valence-corrected chi connectivity index (χ0v) is 23.9. The maximum Gasteiger partial charge on any atom is 0.260 e. The minimum Gasteiger partial charge on any atom is -0.494 e. The number of sulfonamides is 1. The molecule has 1 amide bonds. The van der Waals surface area contributed by atoms with Crippen molar-refractivity contribution in [2.45, 2.75) is 18.4 Å². The van der Waals surface area contributed by atoms with Crippen LogP contribution in [-0.2, 0) is 26.0 Å². The van der Waals surface area contributed by atoms with Crippen LogP contribution in [0.2, 0.25) is 0 Å². The first-order chi connectivity index (χ1) is 18.8. The molecule has 0 fully saturated rings. The van der Waals surface area contributed by atoms with Crippen molar-refractivity contribution >= 4 is 42.6 Å². The van der Waals surface area contributed by atoms with Gasteiger partial charge in [-0.05, 0) is 55.0 Å². The van der Waals surface area contributed by atoms with E-state index >= 15 is 0 Å². The van der Waals surface area contributed by atoms with E-state index in [0.717, 1.165) is 10.3 Å². The summed E-state index contributed by atoms with van der Waals surface area (Å²) in [6, 6.07) is 13.2. The Balaban J connectivity index is 1.67. The molecule has 12 heteroatoms. The van der Waals surface area contributed by atoms with Crippen LogP contribution < -0.4 is 9.64 Å². The molecular weight excluding hydrogens is 542 g/mol. The first-order valence-electron chi connectivity index (χ1n) is 12.2. The van der Waals surface area contributed by atoms with Crippen LogP contribution in [0.4, 0.5) is 5.13 Å². The van der Waals surface area contributed by atoms with Gasteiger partial charge in [0, 0.05) is 32.9 Å². The molecular formula is C27H31N3O7S2. The number of carbonyl (C=O) groups is 1. The lowest BCUT2D eigenvalue weighted by atomic mass is 10.2. The summed E-state index contributed by atoms with van der Waals surface area (Å²) in [6.45, 7) is 2.97. The second kappa shape index (κ2) is 12.7. The molecule has 0 radical (unpaired) electrons. The standard InChI is InChI=1S/C27H31N3O7S2/c1-19-7-12-23(36-4)24-25(19)38-27(28-24)30(18-21-6-5-15-37-21)26(31)20-8-10-22(11-9-20)39(32,33)29(13-16-34-2)14-17-35-3/h5-12,15H,13-14,16-18H2,1-4H3. The minimum atomic E-state index is -3.82. The van der Waals surface area contributed by atoms with Crippen LogP contribution in [0.1, 0.15) is 21.7 Å². The number of amides is 1. The zero-order valence-electron chi connectivity index (χ0n) is 22.2. The topological polar surface area (TPSA) is 111 Å². The molecule has 4 aromatic rings. The van der Waals surface area contributed by atoms with Crippen LogP contribution in [-0.4, -0.2) is 71.2 Å². The number of benzene rings is 2. The number of rotatable bonds is 13. The average Bonchev–Trinajstić information content (AvgIpc) is 3.62. The Kier molecular flexibility index (Phi) is 9.36. The summed E-state index contributed by atoms with van der Waals surface area (Å²) in [5.41, 5.74) is 1.99. The molecule has 0 bridgehead atoms. The van der Waals surface area contributed by atoms with E-state index in [1.165, 1.54) is 59.0 Å². The third kappa shape index (κ3) is 6.31. The van der Waals surface area contributed by atoms with E-state index in [1.54, 1.807) is 25.5 Å². The Bertz CT molecular complexity index is 1490. The fourth-order valence-corrected chi connectivity index (χ4v) is 6.43. The van der Waals surface area contributed by atoms with Crippen molar-refractivity contribution in [1.29, 1.82) is 0 Å². The number of hydrogen-bond acceptors (Lipinski definition) is 9. The van der Waals surface area contributed by atoms with E-state index < -0.39 is 10.0 Å². The lowest BCUT2D eigenvalue weighted by Gasteiger charge is -2.22. The molecule has 0 saturated carbocycles. The summed E-state index contributed by atoms with van der Waals surface area (Å²) >= 11 is 1.38. The van der Waals surface area contributed by atoms with E-state index in [1.807, 2.05) is 19.1 Å². The van der Waals surface area contributed by atoms with Crippen LogP contribution in [0.25, 0.3) is 10.2 Å². The molecule has 0 aliphatic carbocycles. The molecule has 0 aliphatic heterocycles. The highest BCUT2D eigenvalue weighted by Crippen LogP contribution is 2.37. The van der Waals surface area contributed by atoms with Gasteiger partial charge in [-0.15, -0.1) is 0 Å². The Labute approximate surface area is 231 Å². The maximum atomic E-state index is 13.8. The van der Waals surface area contributed by atoms with E-state index in [-0.39, 0.29) is 43.7 Å². The van der Waals surface area contributed by atoms with Gasteiger partial charge in [0.05, 0.1) is 42.7 Å². The van der Waals surface area contributed by atoms with Crippen molar-refractivity contribution in [3.63, 3.8) is 0 Å². The third-order valence-corrected chi connectivity index (χ3v) is 9.24. The fourth-order valence-electron chi connectivity index (χ4n) is 3.98. The van der Waals surface area contributed by atoms with Crippen molar-refractivity contribution < 1.29 is 31.8 Å². The van der Waals surface area contributed by atoms with Crippen molar-refractivity contribution in [2.75, 3.05) is 52.5 Å². The lowest BCUT2D eigenvalue weighted by molar-refractivity contribution is 0.0983. The molecule has 0 atom stereocenters. The molecule has 10 nitrogen and oxygen atoms in total. The number of fused-ring (bicyclic) bond motifs is 1. The second-order valence-corrected chi connectivity index (χ2v) is 11.6. The number of hydrogen-bond donors (Lipinski definition) is 0. The number of carbonyl (C=O) groups excluding carboxylic acids is 1. The summed E-state index contributed by atoms with van der Waals surface area (Å²) in [7, 11) is 0.783. The van der Waals surface area contributed by atoms with Gasteiger partial charge in [0.1, 0.15) is 17.0 Å². The second-order valence-electron chi connectivity index (χ2n) is 8.64. The van der Waals surface area contributed by atoms with Crippen LogP contribution in [0.5, 0.6) is 5.75 Å². The van der Waals surface area contributed by atoms with E-state index in [2.05, 4.69) is 0 Å². The Morgan fingerprint density at radius 2 is 1.69 bits per heavy atom. The van der Waals surface area contributed by atoms with Crippen LogP contribution in [0.15, 0.2) is 64.1 Å². The van der Waals surface area contributed by atoms with E-state index in [0.29, 0.717) is 27.7 Å². The van der Waals surface area contributed by atoms with Crippen LogP contribution in [0.3, 0.4) is 0 Å². The monoisotopic (exact) mass is 573 g/mol. The van der Waals surface area contributed by atoms with Crippen molar-refractivity contribution in [2.24, 2.45) is 0 Å². The number of anilines is 1. The summed E-state index contributed by atoms with van der Waals surface area (Å²) in [5.74, 6) is 0.851. The molecule has 2 aromatic carbocycles. The van der Waals surface area contributed by atoms with Gasteiger partial charge >= 0.3 is 0 Å². The summed E-state index contributed by atoms with van der Waals surface area (Å²) in [4.78, 5) is 20.1. The fraction of sp³-hybridized carbons (Fsp3) is 0.333. The first-order valence-corrected chi connectivity index (χ1v) is 14.4. The SMILES string of the molecule is COCCN(CCOC)S(=O)(=O)c1ccc(C(=O)N(Cc2ccco2)c2nc3c(OC)ccc(C)c3s2)cc1. The number of furan rings is 1. The van der Waals surface area contributed by atoms with Gasteiger partial charge in [-0.2, -0.15) is 4.31 Å². The largest absolute Gasteiger partial charge is 0.494 e. The van der Waals surface area contributed by atoms with Gasteiger partial charge < -0.3 is 18.6 Å². The quantitative estimate of drug-likeness (QED) is 0.232. The molecule has 39 heavy (non-hydrogen) atoms. The Hall–Kier alpha value is -3.29. The highest BCUT2D eigenvalue weighted by atomic mass is 32.2. The summed E-state index contributed by atoms with van der Waals surface area (Å²) in [5, 5.41) is 0.473. The van der Waals surface area contributed by atoms with Crippen molar-refractivity contribution in [1.82, 2.24) is 9.29 Å². The number of thiazole rings is 1. The molecule has 0 N–H and O–H groups in total. The highest BCUT2D eigenvalue weighted by Gasteiger charge is 2.27. The molecule has 2 heterocycles. The Morgan fingerprint density at radius 1 is 1.00 bits per heavy atom. The summed E-state index contributed by atoms with van der Waals surface area (Å²) < 4.78 is 49.9. The predicted molar refractivity (Wildman–Crippen MR) is 149 cm³/mol. The number of aryl methyl sites for hydroxylation is 1. The number of nitrogens with zero attached hydrogens (tertiary/aromatic N) is 3. The Morgan fingerprint density at radius 3 is 2.28 bits per heavy atom. The highest BCUT2D eigenvalue weighted by molar-refractivity contribution is 7.89. The normalized spacial score (nSPS) is 11.8. The molecule has 0 unspecified atom stereocenters. The summed E-state index contributed by atoms with van der Waals surface area (Å²) in [6.07, 6.45) is 1.54. The molecule has 2 aromatic heterocycles. The van der Waals surface area contributed by atoms with Gasteiger partial charge in [0.15, 0.2) is 5.13 Å². The van der Waals surface area contributed by atoms with Gasteiger partial charge in [-0.3, -0.25) is 9.69 Å². The molecule has 0 aliphatic rings. The maximum absolute atomic E-state index is 13.8. The molecule has 0 saturated heterocycles. The van der Waals surface area contributed by atoms with Crippen molar-refractivity contribution in [3.8, 4) is 5.75 Å². The van der Waals surface area contributed by atoms with E-state index in [9.17, 15) is 13.2 Å². The molecule has 208 valence electrons. The smallest absolute Gasteiger partial charge is 0.260 e.